The van der Waals surface area contributed by atoms with Crippen molar-refractivity contribution in [3.63, 3.8) is 0 Å². The maximum absolute atomic E-state index is 6.13. The van der Waals surface area contributed by atoms with Crippen LogP contribution in [0.4, 0.5) is 5.95 Å². The molecule has 0 saturated heterocycles. The molecule has 2 rings (SSSR count). The average molecular weight is 250 g/mol. The first-order chi connectivity index (χ1) is 8.11. The second kappa shape index (κ2) is 4.59. The van der Waals surface area contributed by atoms with Gasteiger partial charge in [-0.05, 0) is 19.1 Å². The molecule has 88 valence electrons. The SMILES string of the molecule is C=C(C)Nc1nc(Cl)c2c(OC)cccc2n1. The summed E-state index contributed by atoms with van der Waals surface area (Å²) in [6.45, 7) is 5.56. The van der Waals surface area contributed by atoms with Crippen LogP contribution in [-0.2, 0) is 0 Å². The summed E-state index contributed by atoms with van der Waals surface area (Å²) in [6.07, 6.45) is 0. The van der Waals surface area contributed by atoms with Crippen molar-refractivity contribution in [3.05, 3.63) is 35.6 Å². The molecule has 17 heavy (non-hydrogen) atoms. The molecule has 0 spiro atoms. The Kier molecular flexibility index (Phi) is 3.15. The number of halogens is 1. The van der Waals surface area contributed by atoms with Crippen molar-refractivity contribution >= 4 is 28.5 Å². The van der Waals surface area contributed by atoms with Gasteiger partial charge in [-0.2, -0.15) is 0 Å². The Morgan fingerprint density at radius 3 is 2.82 bits per heavy atom. The predicted octanol–water partition coefficient (Wildman–Crippen LogP) is 3.24. The number of hydrogen-bond acceptors (Lipinski definition) is 4. The third kappa shape index (κ3) is 2.31. The molecule has 0 bridgehead atoms. The molecule has 0 saturated carbocycles. The molecule has 1 heterocycles. The number of benzene rings is 1. The smallest absolute Gasteiger partial charge is 0.228 e. The Morgan fingerprint density at radius 2 is 2.18 bits per heavy atom. The molecule has 0 amide bonds. The van der Waals surface area contributed by atoms with Gasteiger partial charge in [0.25, 0.3) is 0 Å². The van der Waals surface area contributed by atoms with E-state index in [0.29, 0.717) is 22.2 Å². The normalized spacial score (nSPS) is 10.3. The maximum Gasteiger partial charge on any atom is 0.228 e. The van der Waals surface area contributed by atoms with Gasteiger partial charge in [-0.15, -0.1) is 0 Å². The van der Waals surface area contributed by atoms with Crippen LogP contribution in [0.15, 0.2) is 30.5 Å². The van der Waals surface area contributed by atoms with Gasteiger partial charge in [0.1, 0.15) is 10.9 Å². The number of rotatable bonds is 3. The Labute approximate surface area is 104 Å². The van der Waals surface area contributed by atoms with Crippen LogP contribution in [0.3, 0.4) is 0 Å². The summed E-state index contributed by atoms with van der Waals surface area (Å²) in [5.74, 6) is 1.10. The van der Waals surface area contributed by atoms with Gasteiger partial charge in [0.15, 0.2) is 0 Å². The summed E-state index contributed by atoms with van der Waals surface area (Å²) >= 11 is 6.13. The molecule has 4 nitrogen and oxygen atoms in total. The summed E-state index contributed by atoms with van der Waals surface area (Å²) in [6, 6.07) is 5.54. The van der Waals surface area contributed by atoms with Gasteiger partial charge in [-0.1, -0.05) is 24.2 Å². The number of nitrogens with zero attached hydrogens (tertiary/aromatic N) is 2. The molecule has 1 aromatic carbocycles. The quantitative estimate of drug-likeness (QED) is 0.849. The molecule has 0 aliphatic rings. The lowest BCUT2D eigenvalue weighted by Gasteiger charge is -2.09. The summed E-state index contributed by atoms with van der Waals surface area (Å²) < 4.78 is 5.23. The van der Waals surface area contributed by atoms with E-state index >= 15 is 0 Å². The number of methoxy groups -OCH3 is 1. The van der Waals surface area contributed by atoms with Gasteiger partial charge in [0.2, 0.25) is 5.95 Å². The minimum atomic E-state index is 0.358. The van der Waals surface area contributed by atoms with Gasteiger partial charge >= 0.3 is 0 Å². The predicted molar refractivity (Wildman–Crippen MR) is 69.5 cm³/mol. The molecule has 0 atom stereocenters. The fourth-order valence-electron chi connectivity index (χ4n) is 1.52. The van der Waals surface area contributed by atoms with Crippen LogP contribution in [0.5, 0.6) is 5.75 Å². The highest BCUT2D eigenvalue weighted by molar-refractivity contribution is 6.34. The Bertz CT molecular complexity index is 583. The van der Waals surface area contributed by atoms with Crippen molar-refractivity contribution in [3.8, 4) is 5.75 Å². The Morgan fingerprint density at radius 1 is 1.41 bits per heavy atom. The summed E-state index contributed by atoms with van der Waals surface area (Å²) in [4.78, 5) is 8.49. The Balaban J connectivity index is 2.63. The number of anilines is 1. The fourth-order valence-corrected chi connectivity index (χ4v) is 1.79. The molecule has 2 aromatic rings. The molecular formula is C12H12ClN3O. The van der Waals surface area contributed by atoms with Gasteiger partial charge in [-0.25, -0.2) is 9.97 Å². The lowest BCUT2D eigenvalue weighted by atomic mass is 10.2. The summed E-state index contributed by atoms with van der Waals surface area (Å²) in [5, 5.41) is 4.00. The van der Waals surface area contributed by atoms with Gasteiger partial charge in [0, 0.05) is 5.70 Å². The number of nitrogens with one attached hydrogen (secondary N) is 1. The van der Waals surface area contributed by atoms with Crippen LogP contribution in [0, 0.1) is 0 Å². The number of allylic oxidation sites excluding steroid dienone is 1. The van der Waals surface area contributed by atoms with E-state index in [1.165, 1.54) is 0 Å². The first-order valence-corrected chi connectivity index (χ1v) is 5.42. The topological polar surface area (TPSA) is 47.0 Å². The van der Waals surface area contributed by atoms with E-state index in [2.05, 4.69) is 21.9 Å². The van der Waals surface area contributed by atoms with Crippen molar-refractivity contribution in [2.24, 2.45) is 0 Å². The standard InChI is InChI=1S/C12H12ClN3O/c1-7(2)14-12-15-8-5-4-6-9(17-3)10(8)11(13)16-12/h4-6H,1H2,2-3H3,(H,14,15,16). The maximum atomic E-state index is 6.13. The number of ether oxygens (including phenoxy) is 1. The molecule has 1 aromatic heterocycles. The lowest BCUT2D eigenvalue weighted by Crippen LogP contribution is -2.01. The van der Waals surface area contributed by atoms with Crippen molar-refractivity contribution in [1.29, 1.82) is 0 Å². The summed E-state index contributed by atoms with van der Waals surface area (Å²) in [7, 11) is 1.59. The number of aromatic nitrogens is 2. The fraction of sp³-hybridized carbons (Fsp3) is 0.167. The minimum Gasteiger partial charge on any atom is -0.496 e. The number of fused-ring (bicyclic) bond motifs is 1. The van der Waals surface area contributed by atoms with Crippen molar-refractivity contribution in [2.75, 3.05) is 12.4 Å². The highest BCUT2D eigenvalue weighted by Gasteiger charge is 2.10. The van der Waals surface area contributed by atoms with E-state index in [4.69, 9.17) is 16.3 Å². The first kappa shape index (κ1) is 11.7. The third-order valence-electron chi connectivity index (χ3n) is 2.19. The molecule has 0 aliphatic carbocycles. The zero-order valence-corrected chi connectivity index (χ0v) is 10.4. The highest BCUT2D eigenvalue weighted by atomic mass is 35.5. The van der Waals surface area contributed by atoms with E-state index in [0.717, 1.165) is 11.2 Å². The Hall–Kier alpha value is -1.81. The zero-order valence-electron chi connectivity index (χ0n) is 9.62. The summed E-state index contributed by atoms with van der Waals surface area (Å²) in [5.41, 5.74) is 1.48. The van der Waals surface area contributed by atoms with E-state index in [-0.39, 0.29) is 0 Å². The van der Waals surface area contributed by atoms with E-state index < -0.39 is 0 Å². The van der Waals surface area contributed by atoms with Crippen LogP contribution < -0.4 is 10.1 Å². The second-order valence-corrected chi connectivity index (χ2v) is 3.96. The molecule has 0 fully saturated rings. The average Bonchev–Trinajstić information content (AvgIpc) is 2.27. The molecular weight excluding hydrogens is 238 g/mol. The van der Waals surface area contributed by atoms with Crippen LogP contribution in [0.1, 0.15) is 6.92 Å². The van der Waals surface area contributed by atoms with Gasteiger partial charge in [-0.3, -0.25) is 0 Å². The van der Waals surface area contributed by atoms with Crippen LogP contribution in [0.25, 0.3) is 10.9 Å². The van der Waals surface area contributed by atoms with Gasteiger partial charge in [0.05, 0.1) is 18.0 Å². The van der Waals surface area contributed by atoms with Crippen LogP contribution >= 0.6 is 11.6 Å². The van der Waals surface area contributed by atoms with Crippen molar-refractivity contribution in [2.45, 2.75) is 6.92 Å². The number of hydrogen-bond donors (Lipinski definition) is 1. The molecule has 1 N–H and O–H groups in total. The minimum absolute atomic E-state index is 0.358. The zero-order chi connectivity index (χ0) is 12.4. The monoisotopic (exact) mass is 249 g/mol. The third-order valence-corrected chi connectivity index (χ3v) is 2.46. The first-order valence-electron chi connectivity index (χ1n) is 5.04. The largest absolute Gasteiger partial charge is 0.496 e. The van der Waals surface area contributed by atoms with Crippen molar-refractivity contribution < 1.29 is 4.74 Å². The van der Waals surface area contributed by atoms with Gasteiger partial charge < -0.3 is 10.1 Å². The lowest BCUT2D eigenvalue weighted by molar-refractivity contribution is 0.419. The van der Waals surface area contributed by atoms with E-state index in [1.807, 2.05) is 25.1 Å². The van der Waals surface area contributed by atoms with E-state index in [1.54, 1.807) is 7.11 Å². The molecule has 0 aliphatic heterocycles. The van der Waals surface area contributed by atoms with Crippen LogP contribution in [-0.4, -0.2) is 17.1 Å². The highest BCUT2D eigenvalue weighted by Crippen LogP contribution is 2.30. The molecule has 0 unspecified atom stereocenters. The molecule has 5 heteroatoms. The van der Waals surface area contributed by atoms with E-state index in [9.17, 15) is 0 Å². The second-order valence-electron chi connectivity index (χ2n) is 3.60. The van der Waals surface area contributed by atoms with Crippen molar-refractivity contribution in [1.82, 2.24) is 9.97 Å². The molecule has 0 radical (unpaired) electrons. The van der Waals surface area contributed by atoms with Crippen LogP contribution in [0.2, 0.25) is 5.15 Å².